The molecule has 0 aromatic heterocycles. The average Bonchev–Trinajstić information content (AvgIpc) is 3.18. The summed E-state index contributed by atoms with van der Waals surface area (Å²) < 4.78 is 0.695. The van der Waals surface area contributed by atoms with E-state index in [1.807, 2.05) is 48.5 Å². The number of amides is 3. The average molecular weight is 619 g/mol. The number of carbonyl (C=O) groups excluding carboxylic acids is 3. The Kier molecular flexibility index (Phi) is 5.60. The molecule has 3 aromatic carbocycles. The Hall–Kier alpha value is -2.38. The lowest BCUT2D eigenvalue weighted by atomic mass is 9.54. The number of likely N-dealkylation sites (tertiary alicyclic amines) is 1. The molecule has 37 heavy (non-hydrogen) atoms. The molecule has 188 valence electrons. The molecule has 1 N–H and O–H groups in total. The number of imide groups is 1. The van der Waals surface area contributed by atoms with Crippen molar-refractivity contribution in [2.45, 2.75) is 29.6 Å². The Bertz CT molecular complexity index is 1420. The van der Waals surface area contributed by atoms with Crippen LogP contribution in [0.15, 0.2) is 65.1 Å². The lowest BCUT2D eigenvalue weighted by Crippen LogP contribution is -2.57. The summed E-state index contributed by atoms with van der Waals surface area (Å²) in [5, 5.41) is 3.28. The molecule has 1 fully saturated rings. The summed E-state index contributed by atoms with van der Waals surface area (Å²) in [5.41, 5.74) is 4.01. The Morgan fingerprint density at radius 1 is 0.892 bits per heavy atom. The molecule has 0 spiro atoms. The second-order valence-electron chi connectivity index (χ2n) is 9.72. The van der Waals surface area contributed by atoms with Gasteiger partial charge in [-0.05, 0) is 69.7 Å². The maximum atomic E-state index is 14.0. The van der Waals surface area contributed by atoms with Gasteiger partial charge in [0.1, 0.15) is 15.8 Å². The highest BCUT2D eigenvalue weighted by Gasteiger charge is 2.73. The zero-order chi connectivity index (χ0) is 26.4. The van der Waals surface area contributed by atoms with Gasteiger partial charge in [-0.25, -0.2) is 0 Å². The minimum Gasteiger partial charge on any atom is -0.324 e. The molecule has 4 aliphatic rings. The number of halogens is 4. The first-order valence-corrected chi connectivity index (χ1v) is 13.7. The van der Waals surface area contributed by atoms with Crippen molar-refractivity contribution in [2.75, 3.05) is 5.32 Å². The van der Waals surface area contributed by atoms with E-state index in [4.69, 9.17) is 34.8 Å². The maximum absolute atomic E-state index is 14.0. The van der Waals surface area contributed by atoms with Gasteiger partial charge in [-0.3, -0.25) is 19.3 Å². The number of benzene rings is 3. The number of anilines is 1. The van der Waals surface area contributed by atoms with Crippen LogP contribution in [-0.4, -0.2) is 28.7 Å². The van der Waals surface area contributed by atoms with Crippen molar-refractivity contribution >= 4 is 74.1 Å². The Balaban J connectivity index is 1.43. The Labute approximate surface area is 237 Å². The van der Waals surface area contributed by atoms with Gasteiger partial charge < -0.3 is 5.32 Å². The number of hydrogen-bond acceptors (Lipinski definition) is 3. The highest BCUT2D eigenvalue weighted by molar-refractivity contribution is 9.10. The number of hydrogen-bond donors (Lipinski definition) is 1. The first-order chi connectivity index (χ1) is 17.5. The molecule has 3 atom stereocenters. The van der Waals surface area contributed by atoms with E-state index in [1.54, 1.807) is 19.1 Å². The zero-order valence-electron chi connectivity index (χ0n) is 19.7. The first kappa shape index (κ1) is 24.9. The fraction of sp³-hybridized carbons (Fsp3) is 0.250. The van der Waals surface area contributed by atoms with E-state index in [0.717, 1.165) is 4.90 Å². The molecular weight excluding hydrogens is 599 g/mol. The number of alkyl halides is 2. The molecule has 7 rings (SSSR count). The van der Waals surface area contributed by atoms with Crippen molar-refractivity contribution in [2.24, 2.45) is 11.8 Å². The highest BCUT2D eigenvalue weighted by atomic mass is 79.9. The van der Waals surface area contributed by atoms with Gasteiger partial charge in [-0.2, -0.15) is 0 Å². The summed E-state index contributed by atoms with van der Waals surface area (Å²) in [7, 11) is 0. The second kappa shape index (κ2) is 8.31. The van der Waals surface area contributed by atoms with Crippen molar-refractivity contribution in [3.8, 4) is 0 Å². The lowest BCUT2D eigenvalue weighted by molar-refractivity contribution is -0.146. The van der Waals surface area contributed by atoms with Gasteiger partial charge in [-0.15, -0.1) is 23.2 Å². The molecule has 3 aromatic rings. The van der Waals surface area contributed by atoms with E-state index in [9.17, 15) is 14.4 Å². The number of nitrogens with one attached hydrogen (secondary N) is 1. The predicted octanol–water partition coefficient (Wildman–Crippen LogP) is 6.33. The zero-order valence-corrected chi connectivity index (χ0v) is 23.5. The smallest absolute Gasteiger partial charge is 0.247 e. The van der Waals surface area contributed by atoms with Crippen LogP contribution in [0.3, 0.4) is 0 Å². The third-order valence-corrected chi connectivity index (χ3v) is 10.6. The lowest BCUT2D eigenvalue weighted by Gasteiger charge is -2.54. The van der Waals surface area contributed by atoms with E-state index in [2.05, 4.69) is 21.2 Å². The predicted molar refractivity (Wildman–Crippen MR) is 147 cm³/mol. The number of rotatable bonds is 3. The van der Waals surface area contributed by atoms with Crippen LogP contribution in [0.25, 0.3) is 0 Å². The van der Waals surface area contributed by atoms with Crippen molar-refractivity contribution in [1.82, 2.24) is 4.90 Å². The van der Waals surface area contributed by atoms with Crippen LogP contribution in [0.2, 0.25) is 5.02 Å². The molecule has 2 bridgehead atoms. The van der Waals surface area contributed by atoms with Crippen LogP contribution in [-0.2, 0) is 24.1 Å². The standard InChI is InChI=1S/C28H20BrCl3N2O3/c1-13-20(12-11-19(29)23(13)30)33-24(35)14(2)34-25(36)21-22(26(34)37)28(32)16-8-4-3-7-15(16)27(21,31)17-9-5-6-10-18(17)28/h3-12,14,21-22H,1-2H3,(H,33,35)/t14-,21-,22+,27?,28?/m1/s1. The Morgan fingerprint density at radius 3 is 1.76 bits per heavy atom. The van der Waals surface area contributed by atoms with Gasteiger partial charge >= 0.3 is 0 Å². The topological polar surface area (TPSA) is 66.5 Å². The van der Waals surface area contributed by atoms with Gasteiger partial charge in [0, 0.05) is 10.2 Å². The van der Waals surface area contributed by atoms with E-state index in [-0.39, 0.29) is 0 Å². The molecule has 5 nitrogen and oxygen atoms in total. The van der Waals surface area contributed by atoms with Crippen LogP contribution >= 0.6 is 50.7 Å². The first-order valence-electron chi connectivity index (χ1n) is 11.7. The summed E-state index contributed by atoms with van der Waals surface area (Å²) in [6.07, 6.45) is 0. The minimum absolute atomic E-state index is 0.463. The van der Waals surface area contributed by atoms with Gasteiger partial charge in [0.15, 0.2) is 0 Å². The largest absolute Gasteiger partial charge is 0.324 e. The van der Waals surface area contributed by atoms with Crippen molar-refractivity contribution < 1.29 is 14.4 Å². The van der Waals surface area contributed by atoms with Gasteiger partial charge in [-0.1, -0.05) is 60.1 Å². The summed E-state index contributed by atoms with van der Waals surface area (Å²) in [6, 6.07) is 17.2. The fourth-order valence-electron chi connectivity index (χ4n) is 6.21. The molecule has 1 aliphatic heterocycles. The molecule has 9 heteroatoms. The highest BCUT2D eigenvalue weighted by Crippen LogP contribution is 2.69. The molecule has 1 saturated heterocycles. The maximum Gasteiger partial charge on any atom is 0.247 e. The molecule has 3 aliphatic carbocycles. The monoisotopic (exact) mass is 616 g/mol. The molecule has 0 radical (unpaired) electrons. The van der Waals surface area contributed by atoms with E-state index in [1.165, 1.54) is 6.92 Å². The van der Waals surface area contributed by atoms with E-state index >= 15 is 0 Å². The van der Waals surface area contributed by atoms with E-state index < -0.39 is 45.3 Å². The minimum atomic E-state index is -1.29. The summed E-state index contributed by atoms with van der Waals surface area (Å²) in [5.74, 6) is -3.44. The quantitative estimate of drug-likeness (QED) is 0.276. The summed E-state index contributed by atoms with van der Waals surface area (Å²) >= 11 is 24.6. The molecular formula is C28H20BrCl3N2O3. The van der Waals surface area contributed by atoms with E-state index in [0.29, 0.717) is 43.0 Å². The summed E-state index contributed by atoms with van der Waals surface area (Å²) in [6.45, 7) is 3.30. The Morgan fingerprint density at radius 2 is 1.32 bits per heavy atom. The fourth-order valence-corrected chi connectivity index (χ4v) is 7.90. The summed E-state index contributed by atoms with van der Waals surface area (Å²) in [4.78, 5) is 39.8. The molecule has 0 saturated carbocycles. The van der Waals surface area contributed by atoms with Crippen LogP contribution in [0.5, 0.6) is 0 Å². The molecule has 1 heterocycles. The van der Waals surface area contributed by atoms with Gasteiger partial charge in [0.2, 0.25) is 17.7 Å². The second-order valence-corrected chi connectivity index (χ2v) is 12.1. The van der Waals surface area contributed by atoms with Crippen LogP contribution < -0.4 is 5.32 Å². The SMILES string of the molecule is Cc1c(NC(=O)[C@@H](C)N2C(=O)[C@@H]3[C@H](C2=O)C2(Cl)c4ccccc4C3(Cl)c3ccccc32)ccc(Br)c1Cl. The normalized spacial score (nSPS) is 28.0. The van der Waals surface area contributed by atoms with Crippen molar-refractivity contribution in [1.29, 1.82) is 0 Å². The van der Waals surface area contributed by atoms with Crippen LogP contribution in [0, 0.1) is 18.8 Å². The molecule has 3 amide bonds. The van der Waals surface area contributed by atoms with Crippen LogP contribution in [0.1, 0.15) is 34.7 Å². The third kappa shape index (κ3) is 3.07. The third-order valence-electron chi connectivity index (χ3n) is 7.98. The van der Waals surface area contributed by atoms with Gasteiger partial charge in [0.25, 0.3) is 0 Å². The van der Waals surface area contributed by atoms with Gasteiger partial charge in [0.05, 0.1) is 16.9 Å². The van der Waals surface area contributed by atoms with Crippen LogP contribution in [0.4, 0.5) is 5.69 Å². The van der Waals surface area contributed by atoms with Crippen molar-refractivity contribution in [3.63, 3.8) is 0 Å². The number of carbonyl (C=O) groups is 3. The molecule has 0 unspecified atom stereocenters. The van der Waals surface area contributed by atoms with Crippen molar-refractivity contribution in [3.05, 3.63) is 98.0 Å². The number of nitrogens with zero attached hydrogens (tertiary/aromatic N) is 1.